The van der Waals surface area contributed by atoms with Crippen LogP contribution < -0.4 is 4.90 Å². The quantitative estimate of drug-likeness (QED) is 0.766. The average molecular weight is 249 g/mol. The molecule has 0 atom stereocenters. The Morgan fingerprint density at radius 2 is 1.89 bits per heavy atom. The molecule has 0 aliphatic heterocycles. The van der Waals surface area contributed by atoms with Gasteiger partial charge in [0.2, 0.25) is 11.9 Å². The van der Waals surface area contributed by atoms with Crippen LogP contribution in [0, 0.1) is 18.8 Å². The number of anilines is 1. The van der Waals surface area contributed by atoms with Gasteiger partial charge in [0.1, 0.15) is 0 Å². The first-order chi connectivity index (χ1) is 8.49. The van der Waals surface area contributed by atoms with Crippen LogP contribution in [0.1, 0.15) is 5.56 Å². The fourth-order valence-corrected chi connectivity index (χ4v) is 1.74. The van der Waals surface area contributed by atoms with Crippen LogP contribution in [-0.2, 0) is 0 Å². The number of aromatic nitrogens is 2. The van der Waals surface area contributed by atoms with Crippen LogP contribution in [0.25, 0.3) is 11.3 Å². The zero-order chi connectivity index (χ0) is 13.3. The van der Waals surface area contributed by atoms with Gasteiger partial charge in [-0.25, -0.2) is 0 Å². The highest BCUT2D eigenvalue weighted by Gasteiger charge is 2.14. The molecule has 0 saturated carbocycles. The van der Waals surface area contributed by atoms with Gasteiger partial charge in [0.05, 0.1) is 11.3 Å². The minimum Gasteiger partial charge on any atom is -0.378 e. The molecule has 0 spiro atoms. The fourth-order valence-electron chi connectivity index (χ4n) is 1.74. The molecule has 2 aromatic heterocycles. The van der Waals surface area contributed by atoms with Gasteiger partial charge in [0.25, 0.3) is 0 Å². The highest BCUT2D eigenvalue weighted by molar-refractivity contribution is 5.67. The van der Waals surface area contributed by atoms with Gasteiger partial charge in [-0.15, -0.1) is 0 Å². The second-order valence-electron chi connectivity index (χ2n) is 4.22. The molecule has 94 valence electrons. The minimum atomic E-state index is -0.837. The fraction of sp³-hybridized carbons (Fsp3) is 0.231. The summed E-state index contributed by atoms with van der Waals surface area (Å²) in [6.07, 6.45) is 1.59. The molecule has 2 aromatic rings. The molecule has 0 aliphatic carbocycles. The molecular formula is C13H13F2N3. The summed E-state index contributed by atoms with van der Waals surface area (Å²) >= 11 is 0. The Hall–Kier alpha value is -2.04. The Kier molecular flexibility index (Phi) is 3.23. The van der Waals surface area contributed by atoms with Crippen LogP contribution in [0.3, 0.4) is 0 Å². The van der Waals surface area contributed by atoms with E-state index in [9.17, 15) is 8.78 Å². The molecule has 0 N–H and O–H groups in total. The SMILES string of the molecule is Cc1cc(F)nc(F)c1-c1cc(N(C)C)ccn1. The molecule has 0 radical (unpaired) electrons. The van der Waals surface area contributed by atoms with E-state index in [0.717, 1.165) is 5.69 Å². The van der Waals surface area contributed by atoms with E-state index in [1.807, 2.05) is 25.1 Å². The maximum absolute atomic E-state index is 13.7. The summed E-state index contributed by atoms with van der Waals surface area (Å²) in [4.78, 5) is 9.20. The number of aryl methyl sites for hydroxylation is 1. The van der Waals surface area contributed by atoms with Crippen molar-refractivity contribution in [2.45, 2.75) is 6.92 Å². The summed E-state index contributed by atoms with van der Waals surface area (Å²) in [6.45, 7) is 1.63. The zero-order valence-corrected chi connectivity index (χ0v) is 10.4. The summed E-state index contributed by atoms with van der Waals surface area (Å²) in [6, 6.07) is 4.75. The number of halogens is 2. The monoisotopic (exact) mass is 249 g/mol. The first kappa shape index (κ1) is 12.4. The molecule has 3 nitrogen and oxygen atoms in total. The number of hydrogen-bond acceptors (Lipinski definition) is 3. The molecule has 0 bridgehead atoms. The lowest BCUT2D eigenvalue weighted by Gasteiger charge is -2.14. The van der Waals surface area contributed by atoms with Crippen molar-refractivity contribution in [1.29, 1.82) is 0 Å². The highest BCUT2D eigenvalue weighted by Crippen LogP contribution is 2.26. The van der Waals surface area contributed by atoms with Gasteiger partial charge in [-0.05, 0) is 30.7 Å². The second kappa shape index (κ2) is 4.68. The van der Waals surface area contributed by atoms with Gasteiger partial charge < -0.3 is 4.90 Å². The Morgan fingerprint density at radius 1 is 1.17 bits per heavy atom. The third kappa shape index (κ3) is 2.30. The van der Waals surface area contributed by atoms with Gasteiger partial charge in [0.15, 0.2) is 0 Å². The Morgan fingerprint density at radius 3 is 2.50 bits per heavy atom. The third-order valence-electron chi connectivity index (χ3n) is 2.66. The standard InChI is InChI=1S/C13H13F2N3/c1-8-6-11(14)17-13(15)12(8)10-7-9(18(2)3)4-5-16-10/h4-7H,1-3H3. The average Bonchev–Trinajstić information content (AvgIpc) is 2.28. The molecule has 2 rings (SSSR count). The topological polar surface area (TPSA) is 29.0 Å². The molecule has 0 aromatic carbocycles. The number of hydrogen-bond donors (Lipinski definition) is 0. The van der Waals surface area contributed by atoms with E-state index in [4.69, 9.17) is 0 Å². The lowest BCUT2D eigenvalue weighted by molar-refractivity contribution is 0.513. The summed E-state index contributed by atoms with van der Waals surface area (Å²) in [7, 11) is 3.76. The second-order valence-corrected chi connectivity index (χ2v) is 4.22. The van der Waals surface area contributed by atoms with E-state index in [2.05, 4.69) is 9.97 Å². The minimum absolute atomic E-state index is 0.236. The van der Waals surface area contributed by atoms with E-state index in [1.54, 1.807) is 19.2 Å². The normalized spacial score (nSPS) is 10.5. The summed E-state index contributed by atoms with van der Waals surface area (Å²) in [5.74, 6) is -1.66. The van der Waals surface area contributed by atoms with Gasteiger partial charge in [-0.3, -0.25) is 4.98 Å². The smallest absolute Gasteiger partial charge is 0.225 e. The summed E-state index contributed by atoms with van der Waals surface area (Å²) < 4.78 is 26.7. The van der Waals surface area contributed by atoms with Crippen molar-refractivity contribution in [3.05, 3.63) is 41.9 Å². The van der Waals surface area contributed by atoms with Gasteiger partial charge in [-0.1, -0.05) is 0 Å². The van der Waals surface area contributed by atoms with Crippen LogP contribution in [0.5, 0.6) is 0 Å². The molecule has 0 aliphatic rings. The zero-order valence-electron chi connectivity index (χ0n) is 10.4. The van der Waals surface area contributed by atoms with E-state index < -0.39 is 11.9 Å². The van der Waals surface area contributed by atoms with Crippen molar-refractivity contribution >= 4 is 5.69 Å². The highest BCUT2D eigenvalue weighted by atomic mass is 19.1. The van der Waals surface area contributed by atoms with Crippen molar-refractivity contribution < 1.29 is 8.78 Å². The van der Waals surface area contributed by atoms with Crippen LogP contribution >= 0.6 is 0 Å². The van der Waals surface area contributed by atoms with E-state index in [-0.39, 0.29) is 5.56 Å². The summed E-state index contributed by atoms with van der Waals surface area (Å²) in [5.41, 5.74) is 2.05. The van der Waals surface area contributed by atoms with Gasteiger partial charge in [-0.2, -0.15) is 13.8 Å². The van der Waals surface area contributed by atoms with Crippen molar-refractivity contribution in [3.63, 3.8) is 0 Å². The van der Waals surface area contributed by atoms with Crippen LogP contribution in [-0.4, -0.2) is 24.1 Å². The first-order valence-electron chi connectivity index (χ1n) is 5.45. The summed E-state index contributed by atoms with van der Waals surface area (Å²) in [5, 5.41) is 0. The molecule has 18 heavy (non-hydrogen) atoms. The third-order valence-corrected chi connectivity index (χ3v) is 2.66. The Labute approximate surface area is 104 Å². The van der Waals surface area contributed by atoms with Crippen molar-refractivity contribution in [3.8, 4) is 11.3 Å². The predicted octanol–water partition coefficient (Wildman–Crippen LogP) is 2.80. The van der Waals surface area contributed by atoms with E-state index in [0.29, 0.717) is 11.3 Å². The molecule has 5 heteroatoms. The van der Waals surface area contributed by atoms with Crippen molar-refractivity contribution in [1.82, 2.24) is 9.97 Å². The van der Waals surface area contributed by atoms with Crippen LogP contribution in [0.4, 0.5) is 14.5 Å². The first-order valence-corrected chi connectivity index (χ1v) is 5.45. The lowest BCUT2D eigenvalue weighted by atomic mass is 10.1. The Bertz CT molecular complexity index is 559. The maximum Gasteiger partial charge on any atom is 0.225 e. The van der Waals surface area contributed by atoms with Gasteiger partial charge >= 0.3 is 0 Å². The molecule has 0 saturated heterocycles. The van der Waals surface area contributed by atoms with E-state index >= 15 is 0 Å². The number of pyridine rings is 2. The predicted molar refractivity (Wildman–Crippen MR) is 66.4 cm³/mol. The van der Waals surface area contributed by atoms with Crippen molar-refractivity contribution in [2.24, 2.45) is 0 Å². The van der Waals surface area contributed by atoms with E-state index in [1.165, 1.54) is 6.07 Å². The molecule has 0 unspecified atom stereocenters. The lowest BCUT2D eigenvalue weighted by Crippen LogP contribution is -2.09. The largest absolute Gasteiger partial charge is 0.378 e. The van der Waals surface area contributed by atoms with Gasteiger partial charge in [0, 0.05) is 26.0 Å². The number of rotatable bonds is 2. The maximum atomic E-state index is 13.7. The Balaban J connectivity index is 2.59. The molecular weight excluding hydrogens is 236 g/mol. The van der Waals surface area contributed by atoms with Crippen LogP contribution in [0.15, 0.2) is 24.4 Å². The molecule has 0 fully saturated rings. The molecule has 0 amide bonds. The van der Waals surface area contributed by atoms with Crippen molar-refractivity contribution in [2.75, 3.05) is 19.0 Å². The number of nitrogens with zero attached hydrogens (tertiary/aromatic N) is 3. The molecule has 2 heterocycles. The van der Waals surface area contributed by atoms with Crippen LogP contribution in [0.2, 0.25) is 0 Å².